The predicted molar refractivity (Wildman–Crippen MR) is 62.6 cm³/mol. The topological polar surface area (TPSA) is 65.2 Å². The van der Waals surface area contributed by atoms with E-state index in [1.54, 1.807) is 7.11 Å². The van der Waals surface area contributed by atoms with Gasteiger partial charge in [0.25, 0.3) is 0 Å². The van der Waals surface area contributed by atoms with Gasteiger partial charge in [0, 0.05) is 7.11 Å². The number of rotatable bonds is 5. The zero-order chi connectivity index (χ0) is 13.2. The Morgan fingerprint density at radius 1 is 1.41 bits per heavy atom. The summed E-state index contributed by atoms with van der Waals surface area (Å²) in [6.07, 6.45) is 0. The smallest absolute Gasteiger partial charge is 0.237 e. The summed E-state index contributed by atoms with van der Waals surface area (Å²) >= 11 is 0. The molecule has 0 N–H and O–H groups in total. The van der Waals surface area contributed by atoms with Crippen LogP contribution >= 0.6 is 0 Å². The van der Waals surface area contributed by atoms with Gasteiger partial charge in [0.05, 0.1) is 5.92 Å². The molecule has 0 amide bonds. The Bertz CT molecular complexity index is 396. The molecule has 0 radical (unpaired) electrons. The van der Waals surface area contributed by atoms with Crippen molar-refractivity contribution in [3.05, 3.63) is 11.7 Å². The van der Waals surface area contributed by atoms with E-state index in [1.165, 1.54) is 6.92 Å². The number of carbonyl (C=O) groups excluding carboxylic acids is 1. The van der Waals surface area contributed by atoms with Crippen LogP contribution < -0.4 is 0 Å². The lowest BCUT2D eigenvalue weighted by atomic mass is 9.92. The number of aromatic nitrogens is 2. The first-order valence-corrected chi connectivity index (χ1v) is 5.69. The largest absolute Gasteiger partial charge is 0.371 e. The van der Waals surface area contributed by atoms with E-state index in [2.05, 4.69) is 10.1 Å². The molecule has 0 aliphatic heterocycles. The summed E-state index contributed by atoms with van der Waals surface area (Å²) < 4.78 is 10.4. The SMILES string of the molecule is COC(C)(C)c1noc(C(C(C)=O)C(C)C)n1. The molecule has 5 heteroatoms. The Kier molecular flexibility index (Phi) is 4.03. The van der Waals surface area contributed by atoms with Gasteiger partial charge in [-0.3, -0.25) is 4.79 Å². The van der Waals surface area contributed by atoms with E-state index in [1.807, 2.05) is 27.7 Å². The molecule has 0 aliphatic rings. The van der Waals surface area contributed by atoms with Gasteiger partial charge < -0.3 is 9.26 Å². The summed E-state index contributed by atoms with van der Waals surface area (Å²) in [4.78, 5) is 15.8. The molecule has 17 heavy (non-hydrogen) atoms. The zero-order valence-electron chi connectivity index (χ0n) is 11.3. The molecule has 1 rings (SSSR count). The Morgan fingerprint density at radius 3 is 2.41 bits per heavy atom. The number of carbonyl (C=O) groups is 1. The van der Waals surface area contributed by atoms with Crippen LogP contribution in [0.25, 0.3) is 0 Å². The van der Waals surface area contributed by atoms with Crippen LogP contribution in [-0.4, -0.2) is 23.0 Å². The molecule has 1 unspecified atom stereocenters. The fourth-order valence-corrected chi connectivity index (χ4v) is 1.63. The fourth-order valence-electron chi connectivity index (χ4n) is 1.63. The molecule has 0 saturated heterocycles. The highest BCUT2D eigenvalue weighted by molar-refractivity contribution is 5.82. The van der Waals surface area contributed by atoms with Gasteiger partial charge in [-0.1, -0.05) is 19.0 Å². The van der Waals surface area contributed by atoms with Crippen molar-refractivity contribution in [2.24, 2.45) is 5.92 Å². The van der Waals surface area contributed by atoms with Crippen molar-refractivity contribution in [1.29, 1.82) is 0 Å². The third kappa shape index (κ3) is 2.91. The predicted octanol–water partition coefficient (Wildman–Crippen LogP) is 2.28. The minimum Gasteiger partial charge on any atom is -0.371 e. The van der Waals surface area contributed by atoms with Crippen LogP contribution in [0.2, 0.25) is 0 Å². The monoisotopic (exact) mass is 240 g/mol. The van der Waals surface area contributed by atoms with Crippen LogP contribution in [0.3, 0.4) is 0 Å². The van der Waals surface area contributed by atoms with Crippen molar-refractivity contribution in [3.63, 3.8) is 0 Å². The molecule has 0 saturated carbocycles. The van der Waals surface area contributed by atoms with E-state index >= 15 is 0 Å². The fraction of sp³-hybridized carbons (Fsp3) is 0.750. The van der Waals surface area contributed by atoms with Crippen molar-refractivity contribution in [1.82, 2.24) is 10.1 Å². The number of ether oxygens (including phenoxy) is 1. The molecule has 1 aromatic heterocycles. The summed E-state index contributed by atoms with van der Waals surface area (Å²) in [6, 6.07) is 0. The van der Waals surface area contributed by atoms with E-state index in [9.17, 15) is 4.79 Å². The third-order valence-corrected chi connectivity index (χ3v) is 2.86. The average molecular weight is 240 g/mol. The van der Waals surface area contributed by atoms with Gasteiger partial charge in [0.15, 0.2) is 0 Å². The van der Waals surface area contributed by atoms with Crippen molar-refractivity contribution in [2.45, 2.75) is 46.1 Å². The lowest BCUT2D eigenvalue weighted by Gasteiger charge is -2.17. The Balaban J connectivity index is 3.05. The van der Waals surface area contributed by atoms with Gasteiger partial charge in [-0.05, 0) is 26.7 Å². The lowest BCUT2D eigenvalue weighted by Crippen LogP contribution is -2.22. The summed E-state index contributed by atoms with van der Waals surface area (Å²) in [6.45, 7) is 9.14. The number of ketones is 1. The van der Waals surface area contributed by atoms with Crippen LogP contribution in [0.1, 0.15) is 52.3 Å². The van der Waals surface area contributed by atoms with Gasteiger partial charge in [0.1, 0.15) is 11.4 Å². The van der Waals surface area contributed by atoms with Crippen molar-refractivity contribution < 1.29 is 14.1 Å². The molecule has 0 aromatic carbocycles. The molecule has 0 aliphatic carbocycles. The zero-order valence-corrected chi connectivity index (χ0v) is 11.3. The molecule has 1 aromatic rings. The van der Waals surface area contributed by atoms with Gasteiger partial charge in [-0.25, -0.2) is 0 Å². The molecular weight excluding hydrogens is 220 g/mol. The molecule has 1 heterocycles. The summed E-state index contributed by atoms with van der Waals surface area (Å²) in [5.41, 5.74) is -0.611. The lowest BCUT2D eigenvalue weighted by molar-refractivity contribution is -0.119. The van der Waals surface area contributed by atoms with E-state index in [0.717, 1.165) is 0 Å². The van der Waals surface area contributed by atoms with Gasteiger partial charge in [0.2, 0.25) is 11.7 Å². The highest BCUT2D eigenvalue weighted by atomic mass is 16.5. The normalized spacial score (nSPS) is 14.1. The van der Waals surface area contributed by atoms with Crippen molar-refractivity contribution >= 4 is 5.78 Å². The van der Waals surface area contributed by atoms with Crippen molar-refractivity contribution in [3.8, 4) is 0 Å². The standard InChI is InChI=1S/C12H20N2O3/c1-7(2)9(8(3)15)10-13-11(14-17-10)12(4,5)16-6/h7,9H,1-6H3. The summed E-state index contributed by atoms with van der Waals surface area (Å²) in [5, 5.41) is 3.88. The summed E-state index contributed by atoms with van der Waals surface area (Å²) in [7, 11) is 1.58. The van der Waals surface area contributed by atoms with Gasteiger partial charge in [-0.15, -0.1) is 0 Å². The van der Waals surface area contributed by atoms with Crippen LogP contribution in [0.5, 0.6) is 0 Å². The van der Waals surface area contributed by atoms with Gasteiger partial charge in [-0.2, -0.15) is 4.98 Å². The number of hydrogen-bond acceptors (Lipinski definition) is 5. The maximum atomic E-state index is 11.6. The second-order valence-corrected chi connectivity index (χ2v) is 5.00. The van der Waals surface area contributed by atoms with Crippen LogP contribution in [0.15, 0.2) is 4.52 Å². The van der Waals surface area contributed by atoms with E-state index < -0.39 is 5.60 Å². The van der Waals surface area contributed by atoms with Crippen LogP contribution in [-0.2, 0) is 15.1 Å². The first kappa shape index (κ1) is 13.8. The Labute approximate surface area is 102 Å². The highest BCUT2D eigenvalue weighted by Crippen LogP contribution is 2.27. The van der Waals surface area contributed by atoms with Crippen LogP contribution in [0.4, 0.5) is 0 Å². The van der Waals surface area contributed by atoms with E-state index in [-0.39, 0.29) is 17.6 Å². The molecule has 0 bridgehead atoms. The maximum Gasteiger partial charge on any atom is 0.237 e. The molecule has 0 spiro atoms. The number of nitrogens with zero attached hydrogens (tertiary/aromatic N) is 2. The molecule has 0 fully saturated rings. The van der Waals surface area contributed by atoms with E-state index in [0.29, 0.717) is 11.7 Å². The minimum atomic E-state index is -0.611. The third-order valence-electron chi connectivity index (χ3n) is 2.86. The number of Topliss-reactive ketones (excluding diaryl/α,β-unsaturated/α-hetero) is 1. The average Bonchev–Trinajstić information content (AvgIpc) is 2.66. The second kappa shape index (κ2) is 4.96. The molecular formula is C12H20N2O3. The molecule has 1 atom stereocenters. The second-order valence-electron chi connectivity index (χ2n) is 5.00. The van der Waals surface area contributed by atoms with Crippen LogP contribution in [0, 0.1) is 5.92 Å². The molecule has 5 nitrogen and oxygen atoms in total. The molecule has 96 valence electrons. The van der Waals surface area contributed by atoms with Crippen molar-refractivity contribution in [2.75, 3.05) is 7.11 Å². The maximum absolute atomic E-state index is 11.6. The first-order valence-electron chi connectivity index (χ1n) is 5.69. The number of methoxy groups -OCH3 is 1. The quantitative estimate of drug-likeness (QED) is 0.790. The van der Waals surface area contributed by atoms with Gasteiger partial charge >= 0.3 is 0 Å². The van der Waals surface area contributed by atoms with E-state index in [4.69, 9.17) is 9.26 Å². The first-order chi connectivity index (χ1) is 7.79. The Hall–Kier alpha value is -1.23. The Morgan fingerprint density at radius 2 is 2.00 bits per heavy atom. The highest BCUT2D eigenvalue weighted by Gasteiger charge is 2.31. The summed E-state index contributed by atoms with van der Waals surface area (Å²) in [5.74, 6) is 0.648. The minimum absolute atomic E-state index is 0.0328. The number of hydrogen-bond donors (Lipinski definition) is 0.